The van der Waals surface area contributed by atoms with Gasteiger partial charge in [-0.05, 0) is 25.3 Å². The highest BCUT2D eigenvalue weighted by Crippen LogP contribution is 2.18. The molecule has 116 valence electrons. The summed E-state index contributed by atoms with van der Waals surface area (Å²) >= 11 is 0. The number of carbonyl (C=O) groups excluding carboxylic acids is 2. The van der Waals surface area contributed by atoms with E-state index in [1.54, 1.807) is 0 Å². The molecule has 0 fully saturated rings. The van der Waals surface area contributed by atoms with E-state index in [0.717, 1.165) is 11.1 Å². The third kappa shape index (κ3) is 5.98. The lowest BCUT2D eigenvalue weighted by molar-refractivity contribution is -0.123. The van der Waals surface area contributed by atoms with Gasteiger partial charge in [0.25, 0.3) is 0 Å². The molecule has 0 saturated carbocycles. The Hall–Kier alpha value is -1.84. The van der Waals surface area contributed by atoms with E-state index < -0.39 is 0 Å². The Bertz CT molecular complexity index is 480. The summed E-state index contributed by atoms with van der Waals surface area (Å²) < 4.78 is 0. The topological polar surface area (TPSA) is 58.2 Å². The molecule has 2 amide bonds. The van der Waals surface area contributed by atoms with Crippen molar-refractivity contribution < 1.29 is 9.59 Å². The van der Waals surface area contributed by atoms with E-state index in [1.807, 2.05) is 38.1 Å². The molecule has 2 atom stereocenters. The first-order chi connectivity index (χ1) is 9.79. The molecule has 2 N–H and O–H groups in total. The van der Waals surface area contributed by atoms with Crippen molar-refractivity contribution in [2.75, 3.05) is 0 Å². The molecule has 0 radical (unpaired) electrons. The number of amides is 2. The smallest absolute Gasteiger partial charge is 0.222 e. The second kappa shape index (κ2) is 7.81. The van der Waals surface area contributed by atoms with Crippen molar-refractivity contribution in [2.24, 2.45) is 5.92 Å². The van der Waals surface area contributed by atoms with Gasteiger partial charge >= 0.3 is 0 Å². The summed E-state index contributed by atoms with van der Waals surface area (Å²) in [6.45, 7) is 9.60. The second-order valence-corrected chi connectivity index (χ2v) is 5.97. The van der Waals surface area contributed by atoms with Gasteiger partial charge in [0, 0.05) is 13.0 Å². The molecule has 2 unspecified atom stereocenters. The number of rotatable bonds is 6. The van der Waals surface area contributed by atoms with E-state index in [2.05, 4.69) is 24.5 Å². The summed E-state index contributed by atoms with van der Waals surface area (Å²) in [6.07, 6.45) is 0.250. The lowest BCUT2D eigenvalue weighted by Crippen LogP contribution is -2.39. The van der Waals surface area contributed by atoms with E-state index in [0.29, 0.717) is 5.92 Å². The Morgan fingerprint density at radius 3 is 2.10 bits per heavy atom. The van der Waals surface area contributed by atoms with E-state index in [-0.39, 0.29) is 30.3 Å². The third-order valence-electron chi connectivity index (χ3n) is 3.64. The van der Waals surface area contributed by atoms with Crippen LogP contribution in [0.1, 0.15) is 51.3 Å². The molecule has 1 aromatic rings. The van der Waals surface area contributed by atoms with E-state index in [9.17, 15) is 9.59 Å². The van der Waals surface area contributed by atoms with Crippen LogP contribution >= 0.6 is 0 Å². The Kier molecular flexibility index (Phi) is 6.40. The van der Waals surface area contributed by atoms with Gasteiger partial charge in [-0.1, -0.05) is 43.7 Å². The molecule has 21 heavy (non-hydrogen) atoms. The predicted octanol–water partition coefficient (Wildman–Crippen LogP) is 2.72. The minimum absolute atomic E-state index is 0.0458. The minimum Gasteiger partial charge on any atom is -0.353 e. The summed E-state index contributed by atoms with van der Waals surface area (Å²) in [5.41, 5.74) is 2.10. The van der Waals surface area contributed by atoms with E-state index >= 15 is 0 Å². The number of nitrogens with one attached hydrogen (secondary N) is 2. The van der Waals surface area contributed by atoms with Gasteiger partial charge < -0.3 is 10.6 Å². The van der Waals surface area contributed by atoms with Gasteiger partial charge in [-0.15, -0.1) is 0 Å². The first-order valence-corrected chi connectivity index (χ1v) is 7.42. The maximum Gasteiger partial charge on any atom is 0.222 e. The standard InChI is InChI=1S/C17H26N2O2/c1-11(2)13(4)18-17(21)10-16(19-14(5)20)15-8-6-12(3)7-9-15/h6-9,11,13,16H,10H2,1-5H3,(H,18,21)(H,19,20). The van der Waals surface area contributed by atoms with Crippen LogP contribution in [0.15, 0.2) is 24.3 Å². The molecule has 1 rings (SSSR count). The zero-order chi connectivity index (χ0) is 16.0. The van der Waals surface area contributed by atoms with Crippen LogP contribution in [-0.2, 0) is 9.59 Å². The Morgan fingerprint density at radius 1 is 1.05 bits per heavy atom. The quantitative estimate of drug-likeness (QED) is 0.846. The molecular weight excluding hydrogens is 264 g/mol. The lowest BCUT2D eigenvalue weighted by Gasteiger charge is -2.21. The fourth-order valence-corrected chi connectivity index (χ4v) is 1.96. The average Bonchev–Trinajstić information content (AvgIpc) is 2.38. The van der Waals surface area contributed by atoms with Gasteiger partial charge in [0.2, 0.25) is 11.8 Å². The van der Waals surface area contributed by atoms with Crippen LogP contribution in [0, 0.1) is 12.8 Å². The number of hydrogen-bond donors (Lipinski definition) is 2. The molecule has 4 heteroatoms. The summed E-state index contributed by atoms with van der Waals surface area (Å²) in [6, 6.07) is 7.71. The largest absolute Gasteiger partial charge is 0.353 e. The number of benzene rings is 1. The normalized spacial score (nSPS) is 13.6. The van der Waals surface area contributed by atoms with Crippen molar-refractivity contribution in [3.05, 3.63) is 35.4 Å². The molecular formula is C17H26N2O2. The molecule has 0 aliphatic carbocycles. The molecule has 0 spiro atoms. The highest BCUT2D eigenvalue weighted by molar-refractivity contribution is 5.79. The van der Waals surface area contributed by atoms with Crippen molar-refractivity contribution >= 4 is 11.8 Å². The van der Waals surface area contributed by atoms with Crippen molar-refractivity contribution in [3.63, 3.8) is 0 Å². The molecule has 0 saturated heterocycles. The van der Waals surface area contributed by atoms with Gasteiger partial charge in [0.15, 0.2) is 0 Å². The summed E-state index contributed by atoms with van der Waals surface area (Å²) in [5.74, 6) is 0.202. The van der Waals surface area contributed by atoms with Crippen LogP contribution in [0.2, 0.25) is 0 Å². The molecule has 0 heterocycles. The molecule has 0 aliphatic rings. The summed E-state index contributed by atoms with van der Waals surface area (Å²) in [7, 11) is 0. The van der Waals surface area contributed by atoms with E-state index in [1.165, 1.54) is 6.92 Å². The average molecular weight is 290 g/mol. The van der Waals surface area contributed by atoms with Crippen LogP contribution in [0.3, 0.4) is 0 Å². The zero-order valence-electron chi connectivity index (χ0n) is 13.6. The first-order valence-electron chi connectivity index (χ1n) is 7.42. The van der Waals surface area contributed by atoms with Crippen molar-refractivity contribution in [2.45, 2.75) is 53.1 Å². The van der Waals surface area contributed by atoms with Crippen LogP contribution < -0.4 is 10.6 Å². The maximum atomic E-state index is 12.1. The Labute approximate surface area is 127 Å². The van der Waals surface area contributed by atoms with Gasteiger partial charge in [-0.3, -0.25) is 9.59 Å². The lowest BCUT2D eigenvalue weighted by atomic mass is 10.0. The van der Waals surface area contributed by atoms with Gasteiger partial charge in [-0.25, -0.2) is 0 Å². The van der Waals surface area contributed by atoms with E-state index in [4.69, 9.17) is 0 Å². The van der Waals surface area contributed by atoms with Gasteiger partial charge in [0.1, 0.15) is 0 Å². The third-order valence-corrected chi connectivity index (χ3v) is 3.64. The van der Waals surface area contributed by atoms with Gasteiger partial charge in [0.05, 0.1) is 12.5 Å². The Morgan fingerprint density at radius 2 is 1.62 bits per heavy atom. The molecule has 1 aromatic carbocycles. The second-order valence-electron chi connectivity index (χ2n) is 5.97. The van der Waals surface area contributed by atoms with Crippen molar-refractivity contribution in [1.29, 1.82) is 0 Å². The summed E-state index contributed by atoms with van der Waals surface area (Å²) in [5, 5.41) is 5.82. The van der Waals surface area contributed by atoms with Gasteiger partial charge in [-0.2, -0.15) is 0 Å². The number of carbonyl (C=O) groups is 2. The summed E-state index contributed by atoms with van der Waals surface area (Å²) in [4.78, 5) is 23.5. The molecule has 0 aliphatic heterocycles. The van der Waals surface area contributed by atoms with Crippen molar-refractivity contribution in [3.8, 4) is 0 Å². The molecule has 0 aromatic heterocycles. The van der Waals surface area contributed by atoms with Crippen LogP contribution in [0.4, 0.5) is 0 Å². The predicted molar refractivity (Wildman–Crippen MR) is 84.8 cm³/mol. The number of hydrogen-bond acceptors (Lipinski definition) is 2. The maximum absolute atomic E-state index is 12.1. The monoisotopic (exact) mass is 290 g/mol. The Balaban J connectivity index is 2.76. The van der Waals surface area contributed by atoms with Crippen LogP contribution in [-0.4, -0.2) is 17.9 Å². The number of aryl methyl sites for hydroxylation is 1. The first kappa shape index (κ1) is 17.2. The fourth-order valence-electron chi connectivity index (χ4n) is 1.96. The SMILES string of the molecule is CC(=O)NC(CC(=O)NC(C)C(C)C)c1ccc(C)cc1. The molecule has 0 bridgehead atoms. The highest BCUT2D eigenvalue weighted by Gasteiger charge is 2.19. The van der Waals surface area contributed by atoms with Crippen molar-refractivity contribution in [1.82, 2.24) is 10.6 Å². The fraction of sp³-hybridized carbons (Fsp3) is 0.529. The van der Waals surface area contributed by atoms with Crippen LogP contribution in [0.5, 0.6) is 0 Å². The van der Waals surface area contributed by atoms with Crippen LogP contribution in [0.25, 0.3) is 0 Å². The zero-order valence-corrected chi connectivity index (χ0v) is 13.6. The highest BCUT2D eigenvalue weighted by atomic mass is 16.2. The minimum atomic E-state index is -0.289. The molecule has 4 nitrogen and oxygen atoms in total.